The normalized spacial score (nSPS) is 13.2. The van der Waals surface area contributed by atoms with Gasteiger partial charge in [0.05, 0.1) is 6.61 Å². The molecule has 0 heterocycles. The van der Waals surface area contributed by atoms with E-state index in [4.69, 9.17) is 9.84 Å². The number of hydrogen-bond acceptors (Lipinski definition) is 4. The van der Waals surface area contributed by atoms with Crippen LogP contribution in [0.25, 0.3) is 11.1 Å². The molecule has 1 aliphatic carbocycles. The molecule has 0 saturated carbocycles. The quantitative estimate of drug-likeness (QED) is 0.581. The molecule has 152 valence electrons. The first-order chi connectivity index (χ1) is 14.6. The zero-order valence-electron chi connectivity index (χ0n) is 16.1. The molecule has 0 fully saturated rings. The van der Waals surface area contributed by atoms with Crippen molar-refractivity contribution in [1.29, 1.82) is 0 Å². The molecule has 4 rings (SSSR count). The highest BCUT2D eigenvalue weighted by atomic mass is 16.5. The van der Waals surface area contributed by atoms with Gasteiger partial charge in [-0.15, -0.1) is 0 Å². The molecule has 6 heteroatoms. The fourth-order valence-electron chi connectivity index (χ4n) is 3.86. The second-order valence-corrected chi connectivity index (χ2v) is 7.14. The van der Waals surface area contributed by atoms with Gasteiger partial charge in [-0.2, -0.15) is 0 Å². The summed E-state index contributed by atoms with van der Waals surface area (Å²) in [7, 11) is 0. The molecular weight excluding hydrogens is 382 g/mol. The van der Waals surface area contributed by atoms with Crippen molar-refractivity contribution >= 4 is 12.1 Å². The highest BCUT2D eigenvalue weighted by Gasteiger charge is 2.30. The molecule has 0 aromatic heterocycles. The molecule has 1 aliphatic rings. The van der Waals surface area contributed by atoms with E-state index in [1.54, 1.807) is 24.3 Å². The summed E-state index contributed by atoms with van der Waals surface area (Å²) in [5.74, 6) is -1.30. The van der Waals surface area contributed by atoms with Crippen LogP contribution in [0.3, 0.4) is 0 Å². The Kier molecular flexibility index (Phi) is 5.50. The second kappa shape index (κ2) is 8.39. The average molecular weight is 403 g/mol. The average Bonchev–Trinajstić information content (AvgIpc) is 3.10. The Morgan fingerprint density at radius 2 is 1.47 bits per heavy atom. The predicted octanol–water partition coefficient (Wildman–Crippen LogP) is 3.84. The molecule has 0 radical (unpaired) electrons. The van der Waals surface area contributed by atoms with Crippen LogP contribution in [0.4, 0.5) is 4.79 Å². The van der Waals surface area contributed by atoms with Crippen molar-refractivity contribution in [3.8, 4) is 11.1 Å². The van der Waals surface area contributed by atoms with E-state index < -0.39 is 18.1 Å². The van der Waals surface area contributed by atoms with Gasteiger partial charge in [-0.1, -0.05) is 72.8 Å². The van der Waals surface area contributed by atoms with Crippen LogP contribution in [-0.4, -0.2) is 28.9 Å². The third kappa shape index (κ3) is 3.77. The predicted molar refractivity (Wildman–Crippen MR) is 111 cm³/mol. The first-order valence-corrected chi connectivity index (χ1v) is 9.62. The van der Waals surface area contributed by atoms with Crippen LogP contribution in [0, 0.1) is 0 Å². The number of carboxylic acid groups (broad SMARTS) is 1. The zero-order chi connectivity index (χ0) is 21.1. The summed E-state index contributed by atoms with van der Waals surface area (Å²) in [6.45, 7) is -0.0343. The number of carboxylic acids is 1. The Labute approximate surface area is 173 Å². The second-order valence-electron chi connectivity index (χ2n) is 7.14. The summed E-state index contributed by atoms with van der Waals surface area (Å²) < 4.78 is 5.43. The Morgan fingerprint density at radius 1 is 0.900 bits per heavy atom. The fraction of sp³-hybridized carbons (Fsp3) is 0.167. The van der Waals surface area contributed by atoms with E-state index in [0.717, 1.165) is 22.3 Å². The van der Waals surface area contributed by atoms with Crippen LogP contribution >= 0.6 is 0 Å². The fourth-order valence-corrected chi connectivity index (χ4v) is 3.86. The van der Waals surface area contributed by atoms with Crippen LogP contribution in [-0.2, 0) is 16.1 Å². The van der Waals surface area contributed by atoms with Crippen LogP contribution in [0.2, 0.25) is 0 Å². The van der Waals surface area contributed by atoms with Gasteiger partial charge in [0.25, 0.3) is 0 Å². The lowest BCUT2D eigenvalue weighted by atomic mass is 9.98. The van der Waals surface area contributed by atoms with E-state index >= 15 is 0 Å². The lowest BCUT2D eigenvalue weighted by Gasteiger charge is -2.18. The first kappa shape index (κ1) is 19.7. The van der Waals surface area contributed by atoms with Gasteiger partial charge >= 0.3 is 12.1 Å². The van der Waals surface area contributed by atoms with Gasteiger partial charge in [-0.3, -0.25) is 0 Å². The van der Waals surface area contributed by atoms with E-state index in [1.165, 1.54) is 0 Å². The van der Waals surface area contributed by atoms with E-state index in [2.05, 4.69) is 5.32 Å². The van der Waals surface area contributed by atoms with E-state index in [0.29, 0.717) is 11.1 Å². The number of aliphatic hydroxyl groups is 1. The molecular formula is C24H21NO5. The van der Waals surface area contributed by atoms with Crippen molar-refractivity contribution in [3.63, 3.8) is 0 Å². The third-order valence-electron chi connectivity index (χ3n) is 5.35. The Hall–Kier alpha value is -3.64. The van der Waals surface area contributed by atoms with Gasteiger partial charge < -0.3 is 20.3 Å². The number of amides is 1. The molecule has 3 aromatic rings. The minimum absolute atomic E-state index is 0.102. The summed E-state index contributed by atoms with van der Waals surface area (Å²) in [5.41, 5.74) is 5.46. The number of hydrogen-bond donors (Lipinski definition) is 3. The number of alkyl carbamates (subject to hydrolysis) is 1. The third-order valence-corrected chi connectivity index (χ3v) is 5.35. The summed E-state index contributed by atoms with van der Waals surface area (Å²) in [5, 5.41) is 21.1. The van der Waals surface area contributed by atoms with Crippen molar-refractivity contribution < 1.29 is 24.5 Å². The zero-order valence-corrected chi connectivity index (χ0v) is 16.1. The lowest BCUT2D eigenvalue weighted by Crippen LogP contribution is -2.34. The van der Waals surface area contributed by atoms with Crippen molar-refractivity contribution in [2.75, 3.05) is 6.61 Å². The maximum absolute atomic E-state index is 12.4. The number of ether oxygens (including phenoxy) is 1. The van der Waals surface area contributed by atoms with Crippen LogP contribution in [0.5, 0.6) is 0 Å². The van der Waals surface area contributed by atoms with Gasteiger partial charge in [0.15, 0.2) is 6.04 Å². The molecule has 0 saturated heterocycles. The molecule has 3 N–H and O–H groups in total. The van der Waals surface area contributed by atoms with E-state index in [-0.39, 0.29) is 19.1 Å². The number of benzene rings is 3. The van der Waals surface area contributed by atoms with Crippen molar-refractivity contribution in [3.05, 3.63) is 95.1 Å². The number of fused-ring (bicyclic) bond motifs is 3. The topological polar surface area (TPSA) is 95.9 Å². The number of aliphatic hydroxyl groups excluding tert-OH is 1. The molecule has 0 spiro atoms. The molecule has 0 bridgehead atoms. The molecule has 6 nitrogen and oxygen atoms in total. The minimum atomic E-state index is -1.24. The van der Waals surface area contributed by atoms with Crippen LogP contribution in [0.1, 0.15) is 34.2 Å². The molecule has 1 unspecified atom stereocenters. The summed E-state index contributed by atoms with van der Waals surface area (Å²) in [6, 6.07) is 21.1. The van der Waals surface area contributed by atoms with Crippen molar-refractivity contribution in [1.82, 2.24) is 5.32 Å². The number of carbonyl (C=O) groups is 2. The molecule has 30 heavy (non-hydrogen) atoms. The molecule has 1 atom stereocenters. The van der Waals surface area contributed by atoms with E-state index in [9.17, 15) is 14.7 Å². The first-order valence-electron chi connectivity index (χ1n) is 9.62. The highest BCUT2D eigenvalue weighted by molar-refractivity contribution is 5.82. The summed E-state index contributed by atoms with van der Waals surface area (Å²) in [4.78, 5) is 24.1. The Morgan fingerprint density at radius 3 is 2.00 bits per heavy atom. The maximum atomic E-state index is 12.4. The molecule has 0 aliphatic heterocycles. The Bertz CT molecular complexity index is 1030. The van der Waals surface area contributed by atoms with Crippen molar-refractivity contribution in [2.24, 2.45) is 0 Å². The Balaban J connectivity index is 1.47. The van der Waals surface area contributed by atoms with Gasteiger partial charge in [-0.05, 0) is 33.4 Å². The highest BCUT2D eigenvalue weighted by Crippen LogP contribution is 2.44. The van der Waals surface area contributed by atoms with Gasteiger partial charge in [0.2, 0.25) is 0 Å². The van der Waals surface area contributed by atoms with Gasteiger partial charge in [0, 0.05) is 5.92 Å². The SMILES string of the molecule is O=C(NC(C(=O)O)c1ccc(CO)cc1)OCC1c2ccccc2-c2ccccc21. The van der Waals surface area contributed by atoms with Gasteiger partial charge in [-0.25, -0.2) is 9.59 Å². The van der Waals surface area contributed by atoms with Gasteiger partial charge in [0.1, 0.15) is 6.61 Å². The van der Waals surface area contributed by atoms with Crippen LogP contribution < -0.4 is 5.32 Å². The minimum Gasteiger partial charge on any atom is -0.479 e. The van der Waals surface area contributed by atoms with E-state index in [1.807, 2.05) is 48.5 Å². The monoisotopic (exact) mass is 403 g/mol. The lowest BCUT2D eigenvalue weighted by molar-refractivity contribution is -0.139. The molecule has 1 amide bonds. The molecule has 3 aromatic carbocycles. The number of carbonyl (C=O) groups excluding carboxylic acids is 1. The largest absolute Gasteiger partial charge is 0.479 e. The summed E-state index contributed by atoms with van der Waals surface area (Å²) in [6.07, 6.45) is -0.796. The summed E-state index contributed by atoms with van der Waals surface area (Å²) >= 11 is 0. The number of rotatable bonds is 6. The number of aliphatic carboxylic acids is 1. The standard InChI is InChI=1S/C24H21NO5/c26-13-15-9-11-16(12-10-15)22(23(27)28)25-24(29)30-14-21-19-7-3-1-5-17(19)18-6-2-4-8-20(18)21/h1-12,21-22,26H,13-14H2,(H,25,29)(H,27,28). The van der Waals surface area contributed by atoms with Crippen molar-refractivity contribution in [2.45, 2.75) is 18.6 Å². The maximum Gasteiger partial charge on any atom is 0.408 e. The smallest absolute Gasteiger partial charge is 0.408 e. The number of nitrogens with one attached hydrogen (secondary N) is 1. The van der Waals surface area contributed by atoms with Crippen LogP contribution in [0.15, 0.2) is 72.8 Å².